The first-order valence-electron chi connectivity index (χ1n) is 6.75. The Hall–Kier alpha value is -0.785. The van der Waals surface area contributed by atoms with Gasteiger partial charge in [-0.05, 0) is 24.6 Å². The molecule has 0 saturated carbocycles. The van der Waals surface area contributed by atoms with Crippen LogP contribution in [0.1, 0.15) is 0 Å². The van der Waals surface area contributed by atoms with Crippen LogP contribution >= 0.6 is 11.6 Å². The summed E-state index contributed by atoms with van der Waals surface area (Å²) in [4.78, 5) is 4.67. The predicted molar refractivity (Wildman–Crippen MR) is 80.7 cm³/mol. The van der Waals surface area contributed by atoms with Crippen molar-refractivity contribution in [3.63, 3.8) is 0 Å². The molecule has 0 aliphatic carbocycles. The lowest BCUT2D eigenvalue weighted by atomic mass is 9.80. The summed E-state index contributed by atoms with van der Waals surface area (Å²) >= 11 is 6.05. The van der Waals surface area contributed by atoms with Gasteiger partial charge in [-0.3, -0.25) is 4.90 Å². The average molecular weight is 299 g/mol. The van der Waals surface area contributed by atoms with Crippen LogP contribution in [0.3, 0.4) is 0 Å². The first kappa shape index (κ1) is 15.6. The van der Waals surface area contributed by atoms with Crippen molar-refractivity contribution in [3.05, 3.63) is 23.2 Å². The van der Waals surface area contributed by atoms with Crippen LogP contribution in [0.4, 0.5) is 0 Å². The average Bonchev–Trinajstić information content (AvgIpc) is 2.42. The van der Waals surface area contributed by atoms with Crippen molar-refractivity contribution in [3.8, 4) is 5.75 Å². The fourth-order valence-corrected chi connectivity index (χ4v) is 2.39. The molecule has 0 aromatic heterocycles. The van der Waals surface area contributed by atoms with Crippen molar-refractivity contribution < 1.29 is 14.8 Å². The van der Waals surface area contributed by atoms with E-state index >= 15 is 0 Å². The van der Waals surface area contributed by atoms with Crippen LogP contribution in [-0.2, 0) is 0 Å². The third-order valence-electron chi connectivity index (χ3n) is 3.52. The number of rotatable bonds is 5. The van der Waals surface area contributed by atoms with Crippen molar-refractivity contribution in [2.24, 2.45) is 0 Å². The van der Waals surface area contributed by atoms with Gasteiger partial charge in [0.2, 0.25) is 0 Å². The van der Waals surface area contributed by atoms with Gasteiger partial charge in [0.05, 0.1) is 5.02 Å². The molecule has 110 valence electrons. The van der Waals surface area contributed by atoms with E-state index in [1.165, 1.54) is 6.07 Å². The molecule has 0 unspecified atom stereocenters. The number of hydrogen-bond acceptors (Lipinski definition) is 5. The maximum absolute atomic E-state index is 9.05. The van der Waals surface area contributed by atoms with Gasteiger partial charge in [-0.1, -0.05) is 17.7 Å². The topological polar surface area (TPSA) is 56.2 Å². The Morgan fingerprint density at radius 3 is 2.55 bits per heavy atom. The van der Waals surface area contributed by atoms with E-state index in [4.69, 9.17) is 26.4 Å². The van der Waals surface area contributed by atoms with E-state index in [2.05, 4.69) is 16.8 Å². The van der Waals surface area contributed by atoms with Gasteiger partial charge in [0.1, 0.15) is 12.4 Å². The summed E-state index contributed by atoms with van der Waals surface area (Å²) < 4.78 is 5.65. The van der Waals surface area contributed by atoms with Gasteiger partial charge in [-0.2, -0.15) is 0 Å². The van der Waals surface area contributed by atoms with Crippen LogP contribution in [-0.4, -0.2) is 73.3 Å². The second kappa shape index (κ2) is 7.29. The Morgan fingerprint density at radius 2 is 1.95 bits per heavy atom. The van der Waals surface area contributed by atoms with Crippen LogP contribution in [0.25, 0.3) is 0 Å². The van der Waals surface area contributed by atoms with Crippen molar-refractivity contribution >= 4 is 24.2 Å². The SMILES string of the molecule is CN1CCN(CCOc2ccc(B(O)O)cc2Cl)CC1. The van der Waals surface area contributed by atoms with Gasteiger partial charge < -0.3 is 19.7 Å². The molecule has 1 aromatic rings. The zero-order valence-electron chi connectivity index (χ0n) is 11.6. The predicted octanol–water partition coefficient (Wildman–Crippen LogP) is -0.354. The van der Waals surface area contributed by atoms with Crippen LogP contribution in [0.15, 0.2) is 18.2 Å². The maximum Gasteiger partial charge on any atom is 0.488 e. The first-order valence-corrected chi connectivity index (χ1v) is 7.13. The monoisotopic (exact) mass is 298 g/mol. The lowest BCUT2D eigenvalue weighted by Crippen LogP contribution is -2.45. The molecule has 5 nitrogen and oxygen atoms in total. The molecule has 1 heterocycles. The second-order valence-corrected chi connectivity index (χ2v) is 5.46. The number of hydrogen-bond donors (Lipinski definition) is 2. The van der Waals surface area contributed by atoms with E-state index < -0.39 is 7.12 Å². The Morgan fingerprint density at radius 1 is 1.25 bits per heavy atom. The molecule has 20 heavy (non-hydrogen) atoms. The van der Waals surface area contributed by atoms with E-state index in [1.54, 1.807) is 12.1 Å². The molecular weight excluding hydrogens is 278 g/mol. The van der Waals surface area contributed by atoms with Crippen LogP contribution < -0.4 is 10.2 Å². The van der Waals surface area contributed by atoms with Gasteiger partial charge in [-0.15, -0.1) is 0 Å². The molecule has 2 rings (SSSR count). The van der Waals surface area contributed by atoms with E-state index in [-0.39, 0.29) is 0 Å². The highest BCUT2D eigenvalue weighted by atomic mass is 35.5. The van der Waals surface area contributed by atoms with E-state index in [9.17, 15) is 0 Å². The molecule has 7 heteroatoms. The molecule has 0 atom stereocenters. The second-order valence-electron chi connectivity index (χ2n) is 5.06. The minimum atomic E-state index is -1.51. The van der Waals surface area contributed by atoms with Gasteiger partial charge in [0, 0.05) is 32.7 Å². The molecule has 1 aromatic carbocycles. The third kappa shape index (κ3) is 4.36. The number of ether oxygens (including phenoxy) is 1. The molecule has 0 bridgehead atoms. The van der Waals surface area contributed by atoms with Crippen molar-refractivity contribution in [1.82, 2.24) is 9.80 Å². The third-order valence-corrected chi connectivity index (χ3v) is 3.81. The number of likely N-dealkylation sites (N-methyl/N-ethyl adjacent to an activating group) is 1. The zero-order valence-corrected chi connectivity index (χ0v) is 12.4. The Balaban J connectivity index is 1.79. The van der Waals surface area contributed by atoms with Crippen LogP contribution in [0.2, 0.25) is 5.02 Å². The van der Waals surface area contributed by atoms with E-state index in [0.29, 0.717) is 22.8 Å². The lowest BCUT2D eigenvalue weighted by Gasteiger charge is -2.32. The molecule has 0 amide bonds. The summed E-state index contributed by atoms with van der Waals surface area (Å²) in [6.45, 7) is 5.74. The summed E-state index contributed by atoms with van der Waals surface area (Å²) in [5.41, 5.74) is 0.362. The number of benzene rings is 1. The van der Waals surface area contributed by atoms with Gasteiger partial charge >= 0.3 is 7.12 Å². The minimum absolute atomic E-state index is 0.362. The zero-order chi connectivity index (χ0) is 14.5. The summed E-state index contributed by atoms with van der Waals surface area (Å²) in [5, 5.41) is 18.5. The van der Waals surface area contributed by atoms with Crippen LogP contribution in [0.5, 0.6) is 5.75 Å². The molecular formula is C13H20BClN2O3. The summed E-state index contributed by atoms with van der Waals surface area (Å²) in [6, 6.07) is 4.78. The Kier molecular flexibility index (Phi) is 5.69. The summed E-state index contributed by atoms with van der Waals surface area (Å²) in [5.74, 6) is 0.574. The van der Waals surface area contributed by atoms with E-state index in [0.717, 1.165) is 32.7 Å². The normalized spacial score (nSPS) is 17.2. The maximum atomic E-state index is 9.05. The van der Waals surface area contributed by atoms with Crippen molar-refractivity contribution in [2.75, 3.05) is 46.4 Å². The smallest absolute Gasteiger partial charge is 0.488 e. The van der Waals surface area contributed by atoms with Crippen molar-refractivity contribution in [2.45, 2.75) is 0 Å². The fourth-order valence-electron chi connectivity index (χ4n) is 2.15. The fraction of sp³-hybridized carbons (Fsp3) is 0.538. The largest absolute Gasteiger partial charge is 0.491 e. The summed E-state index contributed by atoms with van der Waals surface area (Å²) in [6.07, 6.45) is 0. The van der Waals surface area contributed by atoms with Gasteiger partial charge in [0.25, 0.3) is 0 Å². The summed E-state index contributed by atoms with van der Waals surface area (Å²) in [7, 11) is 0.622. The number of nitrogens with zero attached hydrogens (tertiary/aromatic N) is 2. The highest BCUT2D eigenvalue weighted by Gasteiger charge is 2.15. The van der Waals surface area contributed by atoms with Crippen LogP contribution in [0, 0.1) is 0 Å². The molecule has 1 saturated heterocycles. The lowest BCUT2D eigenvalue weighted by molar-refractivity contribution is 0.134. The van der Waals surface area contributed by atoms with Gasteiger partial charge in [0.15, 0.2) is 0 Å². The number of piperazine rings is 1. The molecule has 1 aliphatic heterocycles. The molecule has 2 N–H and O–H groups in total. The number of halogens is 1. The highest BCUT2D eigenvalue weighted by Crippen LogP contribution is 2.22. The molecule has 0 spiro atoms. The standard InChI is InChI=1S/C13H20BClN2O3/c1-16-4-6-17(7-5-16)8-9-20-13-3-2-11(14(18)19)10-12(13)15/h2-3,10,18-19H,4-9H2,1H3. The molecule has 1 aliphatic rings. The van der Waals surface area contributed by atoms with Crippen molar-refractivity contribution in [1.29, 1.82) is 0 Å². The molecule has 0 radical (unpaired) electrons. The van der Waals surface area contributed by atoms with E-state index in [1.807, 2.05) is 0 Å². The minimum Gasteiger partial charge on any atom is -0.491 e. The van der Waals surface area contributed by atoms with Gasteiger partial charge in [-0.25, -0.2) is 0 Å². The quantitative estimate of drug-likeness (QED) is 0.728. The first-order chi connectivity index (χ1) is 9.56. The highest BCUT2D eigenvalue weighted by molar-refractivity contribution is 6.59. The Labute approximate surface area is 124 Å². The Bertz CT molecular complexity index is 440. The molecule has 1 fully saturated rings.